The minimum absolute atomic E-state index is 0.112. The zero-order valence-corrected chi connectivity index (χ0v) is 17.4. The van der Waals surface area contributed by atoms with Crippen molar-refractivity contribution in [2.45, 2.75) is 0 Å². The Labute approximate surface area is 186 Å². The summed E-state index contributed by atoms with van der Waals surface area (Å²) in [6.07, 6.45) is 1.51. The molecular weight excluding hydrogens is 418 g/mol. The van der Waals surface area contributed by atoms with Gasteiger partial charge in [-0.1, -0.05) is 48.4 Å². The van der Waals surface area contributed by atoms with Crippen LogP contribution in [0.15, 0.2) is 82.8 Å². The summed E-state index contributed by atoms with van der Waals surface area (Å²) >= 11 is 1.41. The average molecular weight is 431 g/mol. The molecule has 32 heavy (non-hydrogen) atoms. The van der Waals surface area contributed by atoms with E-state index in [1.165, 1.54) is 17.4 Å². The first-order chi connectivity index (χ1) is 15.7. The van der Waals surface area contributed by atoms with Crippen molar-refractivity contribution in [2.75, 3.05) is 0 Å². The molecule has 1 aliphatic carbocycles. The molecule has 0 spiro atoms. The Balaban J connectivity index is 1.33. The second-order valence-electron chi connectivity index (χ2n) is 7.41. The number of fused-ring (bicyclic) bond motifs is 3. The van der Waals surface area contributed by atoms with Crippen LogP contribution in [0.4, 0.5) is 0 Å². The zero-order chi connectivity index (χ0) is 21.7. The molecule has 0 bridgehead atoms. The minimum Gasteiger partial charge on any atom is -0.437 e. The van der Waals surface area contributed by atoms with Gasteiger partial charge in [-0.25, -0.2) is 0 Å². The van der Waals surface area contributed by atoms with Gasteiger partial charge in [0.1, 0.15) is 5.76 Å². The second kappa shape index (κ2) is 7.16. The van der Waals surface area contributed by atoms with E-state index in [1.54, 1.807) is 18.2 Å². The summed E-state index contributed by atoms with van der Waals surface area (Å²) in [4.78, 5) is 30.3. The van der Waals surface area contributed by atoms with Gasteiger partial charge in [0.15, 0.2) is 16.6 Å². The molecule has 0 unspecified atom stereocenters. The number of hydrogen-bond donors (Lipinski definition) is 0. The molecule has 0 atom stereocenters. The van der Waals surface area contributed by atoms with Crippen LogP contribution in [-0.2, 0) is 0 Å². The minimum atomic E-state index is -0.280. The molecule has 0 aliphatic heterocycles. The highest BCUT2D eigenvalue weighted by Crippen LogP contribution is 2.33. The zero-order valence-electron chi connectivity index (χ0n) is 16.6. The van der Waals surface area contributed by atoms with E-state index in [1.807, 2.05) is 54.6 Å². The third-order valence-corrected chi connectivity index (χ3v) is 6.25. The van der Waals surface area contributed by atoms with E-state index >= 15 is 0 Å². The summed E-state index contributed by atoms with van der Waals surface area (Å²) in [5.41, 5.74) is 2.34. The van der Waals surface area contributed by atoms with Crippen LogP contribution in [0.5, 0.6) is 0 Å². The number of furan rings is 1. The second-order valence-corrected chi connectivity index (χ2v) is 8.45. The van der Waals surface area contributed by atoms with Gasteiger partial charge in [-0.3, -0.25) is 9.59 Å². The maximum atomic E-state index is 12.9. The molecule has 5 heteroatoms. The SMILES string of the molecule is O=C1C(=Cc2cc3sc(C#Cc4ccccc4)nc3o2)C(=O)c2cc3ccccc3cc21. The summed E-state index contributed by atoms with van der Waals surface area (Å²) in [5, 5.41) is 2.51. The van der Waals surface area contributed by atoms with Gasteiger partial charge in [0.2, 0.25) is 5.71 Å². The molecule has 1 aliphatic rings. The fourth-order valence-corrected chi connectivity index (χ4v) is 4.60. The Morgan fingerprint density at radius 1 is 0.812 bits per heavy atom. The molecule has 2 aromatic heterocycles. The van der Waals surface area contributed by atoms with E-state index in [0.29, 0.717) is 27.6 Å². The number of allylic oxidation sites excluding steroid dienone is 1. The van der Waals surface area contributed by atoms with Gasteiger partial charge in [-0.2, -0.15) is 4.98 Å². The summed E-state index contributed by atoms with van der Waals surface area (Å²) in [7, 11) is 0. The lowest BCUT2D eigenvalue weighted by atomic mass is 10.0. The Morgan fingerprint density at radius 2 is 1.47 bits per heavy atom. The van der Waals surface area contributed by atoms with Crippen LogP contribution in [0, 0.1) is 11.8 Å². The highest BCUT2D eigenvalue weighted by molar-refractivity contribution is 7.19. The number of ketones is 2. The molecule has 0 radical (unpaired) electrons. The van der Waals surface area contributed by atoms with Crippen molar-refractivity contribution in [3.63, 3.8) is 0 Å². The highest BCUT2D eigenvalue weighted by atomic mass is 32.1. The van der Waals surface area contributed by atoms with Gasteiger partial charge in [0.05, 0.1) is 10.3 Å². The first-order valence-corrected chi connectivity index (χ1v) is 10.8. The third-order valence-electron chi connectivity index (χ3n) is 5.35. The number of hydrogen-bond acceptors (Lipinski definition) is 5. The van der Waals surface area contributed by atoms with Crippen molar-refractivity contribution in [1.82, 2.24) is 4.98 Å². The van der Waals surface area contributed by atoms with Gasteiger partial charge in [0.25, 0.3) is 0 Å². The van der Waals surface area contributed by atoms with E-state index in [-0.39, 0.29) is 17.1 Å². The molecule has 6 rings (SSSR count). The summed E-state index contributed by atoms with van der Waals surface area (Å²) in [6.45, 7) is 0. The molecule has 150 valence electrons. The first kappa shape index (κ1) is 18.5. The Morgan fingerprint density at radius 3 is 2.12 bits per heavy atom. The molecule has 0 saturated heterocycles. The molecule has 0 fully saturated rings. The molecule has 2 heterocycles. The van der Waals surface area contributed by atoms with Crippen LogP contribution in [-0.4, -0.2) is 16.6 Å². The molecule has 0 saturated carbocycles. The predicted molar refractivity (Wildman–Crippen MR) is 125 cm³/mol. The fourth-order valence-electron chi connectivity index (χ4n) is 3.81. The Bertz CT molecular complexity index is 1570. The number of aromatic nitrogens is 1. The van der Waals surface area contributed by atoms with Crippen molar-refractivity contribution < 1.29 is 14.0 Å². The first-order valence-electron chi connectivity index (χ1n) is 9.97. The molecule has 0 amide bonds. The van der Waals surface area contributed by atoms with Gasteiger partial charge in [0, 0.05) is 22.8 Å². The topological polar surface area (TPSA) is 60.2 Å². The van der Waals surface area contributed by atoms with Crippen LogP contribution >= 0.6 is 11.3 Å². The molecule has 5 aromatic rings. The molecular formula is C27H13NO3S. The van der Waals surface area contributed by atoms with Gasteiger partial charge in [-0.05, 0) is 47.0 Å². The number of carbonyl (C=O) groups is 2. The maximum Gasteiger partial charge on any atom is 0.238 e. The average Bonchev–Trinajstić information content (AvgIpc) is 3.44. The quantitative estimate of drug-likeness (QED) is 0.188. The summed E-state index contributed by atoms with van der Waals surface area (Å²) in [5.74, 6) is 5.99. The van der Waals surface area contributed by atoms with E-state index in [0.717, 1.165) is 21.0 Å². The van der Waals surface area contributed by atoms with E-state index < -0.39 is 0 Å². The Hall–Kier alpha value is -4.27. The van der Waals surface area contributed by atoms with Crippen molar-refractivity contribution in [3.8, 4) is 11.8 Å². The van der Waals surface area contributed by atoms with Gasteiger partial charge >= 0.3 is 0 Å². The Kier molecular flexibility index (Phi) is 4.14. The normalized spacial score (nSPS) is 12.8. The lowest BCUT2D eigenvalue weighted by Crippen LogP contribution is -1.99. The number of benzene rings is 3. The van der Waals surface area contributed by atoms with Crippen LogP contribution in [0.1, 0.15) is 37.0 Å². The lowest BCUT2D eigenvalue weighted by Gasteiger charge is -2.00. The van der Waals surface area contributed by atoms with Crippen molar-refractivity contribution in [1.29, 1.82) is 0 Å². The van der Waals surface area contributed by atoms with Crippen molar-refractivity contribution >= 4 is 50.2 Å². The van der Waals surface area contributed by atoms with E-state index in [2.05, 4.69) is 16.8 Å². The monoisotopic (exact) mass is 431 g/mol. The molecule has 0 N–H and O–H groups in total. The highest BCUT2D eigenvalue weighted by Gasteiger charge is 2.33. The van der Waals surface area contributed by atoms with Gasteiger partial charge < -0.3 is 4.42 Å². The van der Waals surface area contributed by atoms with Crippen LogP contribution in [0.2, 0.25) is 0 Å². The third kappa shape index (κ3) is 3.06. The fraction of sp³-hybridized carbons (Fsp3) is 0. The predicted octanol–water partition coefficient (Wildman–Crippen LogP) is 5.90. The molecule has 4 nitrogen and oxygen atoms in total. The van der Waals surface area contributed by atoms with Gasteiger partial charge in [-0.15, -0.1) is 11.3 Å². The number of nitrogens with zero attached hydrogens (tertiary/aromatic N) is 1. The van der Waals surface area contributed by atoms with Crippen LogP contribution in [0.3, 0.4) is 0 Å². The van der Waals surface area contributed by atoms with Crippen LogP contribution in [0.25, 0.3) is 27.3 Å². The molecule has 3 aromatic carbocycles. The standard InChI is InChI=1S/C27H13NO3S/c29-25-20-12-17-8-4-5-9-18(17)13-21(20)26(30)22(25)14-19-15-23-27(31-19)28-24(32-23)11-10-16-6-2-1-3-7-16/h1-9,12-15H. The number of rotatable bonds is 1. The smallest absolute Gasteiger partial charge is 0.238 e. The van der Waals surface area contributed by atoms with Crippen molar-refractivity contribution in [3.05, 3.63) is 106 Å². The summed E-state index contributed by atoms with van der Waals surface area (Å²) in [6, 6.07) is 22.7. The summed E-state index contributed by atoms with van der Waals surface area (Å²) < 4.78 is 6.60. The number of thiazole rings is 1. The van der Waals surface area contributed by atoms with Crippen LogP contribution < -0.4 is 0 Å². The van der Waals surface area contributed by atoms with E-state index in [4.69, 9.17) is 4.42 Å². The van der Waals surface area contributed by atoms with Crippen molar-refractivity contribution in [2.24, 2.45) is 0 Å². The van der Waals surface area contributed by atoms with E-state index in [9.17, 15) is 9.59 Å². The lowest BCUT2D eigenvalue weighted by molar-refractivity contribution is 0.0990. The largest absolute Gasteiger partial charge is 0.437 e. The number of carbonyl (C=O) groups excluding carboxylic acids is 2. The maximum absolute atomic E-state index is 12.9. The number of Topliss-reactive ketones (excluding diaryl/α,β-unsaturated/α-hetero) is 2.